The molecule has 2 heterocycles. The first kappa shape index (κ1) is 21.4. The van der Waals surface area contributed by atoms with Crippen molar-refractivity contribution >= 4 is 29.4 Å². The number of phenolic OH excluding ortho intramolecular Hbond substituents is 1. The van der Waals surface area contributed by atoms with E-state index in [1.54, 1.807) is 24.3 Å². The fourth-order valence-electron chi connectivity index (χ4n) is 3.99. The van der Waals surface area contributed by atoms with Crippen LogP contribution >= 0.6 is 0 Å². The molecule has 1 unspecified atom stereocenters. The monoisotopic (exact) mass is 436 g/mol. The molecule has 166 valence electrons. The Labute approximate surface area is 184 Å². The summed E-state index contributed by atoms with van der Waals surface area (Å²) in [5.41, 5.74) is 4.27. The van der Waals surface area contributed by atoms with Crippen LogP contribution in [0.3, 0.4) is 0 Å². The maximum atomic E-state index is 12.7. The van der Waals surface area contributed by atoms with Crippen LogP contribution in [0.5, 0.6) is 5.75 Å². The van der Waals surface area contributed by atoms with E-state index in [4.69, 9.17) is 0 Å². The van der Waals surface area contributed by atoms with Crippen LogP contribution in [0, 0.1) is 13.8 Å². The van der Waals surface area contributed by atoms with Crippen LogP contribution in [0.25, 0.3) is 0 Å². The number of carbonyl (C=O) groups excluding carboxylic acids is 4. The van der Waals surface area contributed by atoms with Crippen LogP contribution in [0.4, 0.5) is 10.5 Å². The number of imide groups is 1. The summed E-state index contributed by atoms with van der Waals surface area (Å²) in [6, 6.07) is 7.43. The molecule has 0 aliphatic carbocycles. The van der Waals surface area contributed by atoms with Gasteiger partial charge >= 0.3 is 6.03 Å². The number of amides is 5. The number of aryl methyl sites for hydroxylation is 2. The third-order valence-corrected chi connectivity index (χ3v) is 5.90. The minimum atomic E-state index is -0.661. The zero-order chi connectivity index (χ0) is 23.0. The molecule has 2 aliphatic heterocycles. The van der Waals surface area contributed by atoms with E-state index in [-0.39, 0.29) is 37.1 Å². The number of urea groups is 1. The molecule has 2 aromatic rings. The lowest BCUT2D eigenvalue weighted by molar-refractivity contribution is -0.136. The fourth-order valence-corrected chi connectivity index (χ4v) is 3.99. The summed E-state index contributed by atoms with van der Waals surface area (Å²) in [6.07, 6.45) is 0.515. The smallest absolute Gasteiger partial charge is 0.319 e. The van der Waals surface area contributed by atoms with Gasteiger partial charge in [0.25, 0.3) is 5.91 Å². The zero-order valence-corrected chi connectivity index (χ0v) is 17.8. The Morgan fingerprint density at radius 2 is 1.91 bits per heavy atom. The number of rotatable bonds is 4. The second kappa shape index (κ2) is 8.33. The maximum absolute atomic E-state index is 12.7. The van der Waals surface area contributed by atoms with E-state index in [1.807, 2.05) is 19.9 Å². The predicted molar refractivity (Wildman–Crippen MR) is 116 cm³/mol. The SMILES string of the molecule is Cc1cc(O)c(NC(=O)NCc2ccc3c(c2)CN(C2CCC(=O)NC2=O)C3=O)cc1C. The van der Waals surface area contributed by atoms with Crippen LogP contribution in [0.2, 0.25) is 0 Å². The molecule has 1 saturated heterocycles. The number of phenols is 1. The first-order valence-corrected chi connectivity index (χ1v) is 10.3. The summed E-state index contributed by atoms with van der Waals surface area (Å²) in [5, 5.41) is 17.7. The highest BCUT2D eigenvalue weighted by Gasteiger charge is 2.39. The van der Waals surface area contributed by atoms with E-state index in [0.717, 1.165) is 22.3 Å². The average Bonchev–Trinajstić information content (AvgIpc) is 3.06. The number of hydrogen-bond acceptors (Lipinski definition) is 5. The standard InChI is InChI=1S/C23H24N4O5/c1-12-7-17(19(28)8-13(12)2)25-23(32)24-10-14-3-4-16-15(9-14)11-27(22(16)31)18-5-6-20(29)26-21(18)30/h3-4,7-9,18,28H,5-6,10-11H2,1-2H3,(H2,24,25,32)(H,26,29,30). The number of piperidine rings is 1. The summed E-state index contributed by atoms with van der Waals surface area (Å²) in [6.45, 7) is 4.26. The van der Waals surface area contributed by atoms with Gasteiger partial charge in [-0.15, -0.1) is 0 Å². The minimum Gasteiger partial charge on any atom is -0.506 e. The second-order valence-electron chi connectivity index (χ2n) is 8.15. The van der Waals surface area contributed by atoms with E-state index in [2.05, 4.69) is 16.0 Å². The molecule has 5 amide bonds. The predicted octanol–water partition coefficient (Wildman–Crippen LogP) is 2.09. The third kappa shape index (κ3) is 4.14. The molecular formula is C23H24N4O5. The summed E-state index contributed by atoms with van der Waals surface area (Å²) >= 11 is 0. The van der Waals surface area contributed by atoms with Crippen LogP contribution in [0.1, 0.15) is 45.5 Å². The average molecular weight is 436 g/mol. The Hall–Kier alpha value is -3.88. The second-order valence-corrected chi connectivity index (χ2v) is 8.15. The van der Waals surface area contributed by atoms with E-state index in [0.29, 0.717) is 17.7 Å². The van der Waals surface area contributed by atoms with Gasteiger partial charge in [0.05, 0.1) is 5.69 Å². The Bertz CT molecular complexity index is 1140. The van der Waals surface area contributed by atoms with Crippen molar-refractivity contribution in [3.8, 4) is 5.75 Å². The minimum absolute atomic E-state index is 0.00663. The fraction of sp³-hybridized carbons (Fsp3) is 0.304. The van der Waals surface area contributed by atoms with E-state index in [1.165, 1.54) is 4.90 Å². The van der Waals surface area contributed by atoms with Crippen molar-refractivity contribution in [2.45, 2.75) is 45.8 Å². The first-order chi connectivity index (χ1) is 15.2. The molecule has 9 heteroatoms. The molecule has 4 rings (SSSR count). The molecule has 0 aromatic heterocycles. The Balaban J connectivity index is 1.39. The van der Waals surface area contributed by atoms with E-state index < -0.39 is 18.0 Å². The van der Waals surface area contributed by atoms with Gasteiger partial charge in [-0.1, -0.05) is 12.1 Å². The van der Waals surface area contributed by atoms with Gasteiger partial charge in [-0.25, -0.2) is 4.79 Å². The number of benzene rings is 2. The van der Waals surface area contributed by atoms with Gasteiger partial charge in [0.1, 0.15) is 11.8 Å². The lowest BCUT2D eigenvalue weighted by atomic mass is 10.0. The van der Waals surface area contributed by atoms with Gasteiger partial charge < -0.3 is 20.6 Å². The van der Waals surface area contributed by atoms with Crippen molar-refractivity contribution in [3.05, 3.63) is 58.1 Å². The van der Waals surface area contributed by atoms with Crippen molar-refractivity contribution in [1.82, 2.24) is 15.5 Å². The lowest BCUT2D eigenvalue weighted by Crippen LogP contribution is -2.52. The molecular weight excluding hydrogens is 412 g/mol. The Kier molecular flexibility index (Phi) is 5.56. The highest BCUT2D eigenvalue weighted by molar-refractivity contribution is 6.05. The van der Waals surface area contributed by atoms with Crippen molar-refractivity contribution in [3.63, 3.8) is 0 Å². The van der Waals surface area contributed by atoms with Gasteiger partial charge in [-0.3, -0.25) is 19.7 Å². The summed E-state index contributed by atoms with van der Waals surface area (Å²) in [5.74, 6) is -1.02. The van der Waals surface area contributed by atoms with Crippen LogP contribution < -0.4 is 16.0 Å². The van der Waals surface area contributed by atoms with Crippen LogP contribution in [-0.4, -0.2) is 39.8 Å². The number of nitrogens with zero attached hydrogens (tertiary/aromatic N) is 1. The molecule has 4 N–H and O–H groups in total. The normalized spacial score (nSPS) is 17.8. The molecule has 1 atom stereocenters. The number of anilines is 1. The van der Waals surface area contributed by atoms with E-state index >= 15 is 0 Å². The van der Waals surface area contributed by atoms with Gasteiger partial charge in [-0.05, 0) is 60.7 Å². The third-order valence-electron chi connectivity index (χ3n) is 5.90. The molecule has 2 aliphatic rings. The highest BCUT2D eigenvalue weighted by Crippen LogP contribution is 2.29. The number of fused-ring (bicyclic) bond motifs is 1. The molecule has 9 nitrogen and oxygen atoms in total. The van der Waals surface area contributed by atoms with Crippen molar-refractivity contribution in [2.75, 3.05) is 5.32 Å². The van der Waals surface area contributed by atoms with E-state index in [9.17, 15) is 24.3 Å². The van der Waals surface area contributed by atoms with Crippen molar-refractivity contribution < 1.29 is 24.3 Å². The Morgan fingerprint density at radius 1 is 1.16 bits per heavy atom. The molecule has 0 spiro atoms. The number of hydrogen-bond donors (Lipinski definition) is 4. The molecule has 0 saturated carbocycles. The number of carbonyl (C=O) groups is 4. The lowest BCUT2D eigenvalue weighted by Gasteiger charge is -2.29. The maximum Gasteiger partial charge on any atom is 0.319 e. The number of nitrogens with one attached hydrogen (secondary N) is 3. The molecule has 1 fully saturated rings. The summed E-state index contributed by atoms with van der Waals surface area (Å²) in [7, 11) is 0. The highest BCUT2D eigenvalue weighted by atomic mass is 16.3. The van der Waals surface area contributed by atoms with Crippen LogP contribution in [0.15, 0.2) is 30.3 Å². The van der Waals surface area contributed by atoms with Gasteiger partial charge in [0.2, 0.25) is 11.8 Å². The molecule has 32 heavy (non-hydrogen) atoms. The topological polar surface area (TPSA) is 128 Å². The van der Waals surface area contributed by atoms with Crippen LogP contribution in [-0.2, 0) is 22.7 Å². The molecule has 0 bridgehead atoms. The summed E-state index contributed by atoms with van der Waals surface area (Å²) < 4.78 is 0. The summed E-state index contributed by atoms with van der Waals surface area (Å²) in [4.78, 5) is 50.0. The quantitative estimate of drug-likeness (QED) is 0.431. The zero-order valence-electron chi connectivity index (χ0n) is 17.8. The molecule has 2 aromatic carbocycles. The molecule has 0 radical (unpaired) electrons. The van der Waals surface area contributed by atoms with Gasteiger partial charge in [0, 0.05) is 25.1 Å². The first-order valence-electron chi connectivity index (χ1n) is 10.3. The number of aromatic hydroxyl groups is 1. The van der Waals surface area contributed by atoms with Crippen molar-refractivity contribution in [1.29, 1.82) is 0 Å². The Morgan fingerprint density at radius 3 is 2.66 bits per heavy atom. The van der Waals surface area contributed by atoms with Gasteiger partial charge in [0.15, 0.2) is 0 Å². The largest absolute Gasteiger partial charge is 0.506 e. The van der Waals surface area contributed by atoms with Gasteiger partial charge in [-0.2, -0.15) is 0 Å². The van der Waals surface area contributed by atoms with Crippen molar-refractivity contribution in [2.24, 2.45) is 0 Å².